The van der Waals surface area contributed by atoms with Crippen molar-refractivity contribution >= 4 is 23.5 Å². The Kier molecular flexibility index (Phi) is 6.23. The highest BCUT2D eigenvalue weighted by atomic mass is 32.1. The quantitative estimate of drug-likeness (QED) is 0.498. The molecule has 0 bridgehead atoms. The summed E-state index contributed by atoms with van der Waals surface area (Å²) >= 11 is 5.11. The summed E-state index contributed by atoms with van der Waals surface area (Å²) in [4.78, 5) is 11.2. The van der Waals surface area contributed by atoms with Crippen molar-refractivity contribution in [3.63, 3.8) is 0 Å². The van der Waals surface area contributed by atoms with E-state index in [-0.39, 0.29) is 0 Å². The van der Waals surface area contributed by atoms with E-state index in [2.05, 4.69) is 38.4 Å². The molecule has 120 valence electrons. The molecule has 6 nitrogen and oxygen atoms in total. The predicted molar refractivity (Wildman–Crippen MR) is 94.0 cm³/mol. The molecule has 7 heteroatoms. The van der Waals surface area contributed by atoms with Crippen LogP contribution in [0.4, 0.5) is 0 Å². The van der Waals surface area contributed by atoms with Crippen LogP contribution in [-0.4, -0.2) is 78.3 Å². The van der Waals surface area contributed by atoms with E-state index in [1.165, 1.54) is 0 Å². The summed E-state index contributed by atoms with van der Waals surface area (Å²) in [6.45, 7) is 5.31. The van der Waals surface area contributed by atoms with Gasteiger partial charge in [-0.05, 0) is 31.4 Å². The number of hydrogen-bond acceptors (Lipinski definition) is 5. The Morgan fingerprint density at radius 1 is 1.36 bits per heavy atom. The lowest BCUT2D eigenvalue weighted by molar-refractivity contribution is 0.147. The Bertz CT molecular complexity index is 523. The van der Waals surface area contributed by atoms with Crippen molar-refractivity contribution in [2.75, 3.05) is 47.3 Å². The van der Waals surface area contributed by atoms with E-state index in [0.29, 0.717) is 5.11 Å². The molecule has 0 aliphatic carbocycles. The summed E-state index contributed by atoms with van der Waals surface area (Å²) in [6, 6.07) is 6.02. The fraction of sp³-hybridized carbons (Fsp3) is 0.533. The minimum atomic E-state index is 0.574. The molecular formula is C15H24N6S. The largest absolute Gasteiger partial charge is 0.354 e. The van der Waals surface area contributed by atoms with E-state index in [1.54, 1.807) is 11.1 Å². The van der Waals surface area contributed by atoms with Crippen LogP contribution >= 0.6 is 12.2 Å². The summed E-state index contributed by atoms with van der Waals surface area (Å²) in [5, 5.41) is 4.69. The summed E-state index contributed by atoms with van der Waals surface area (Å²) in [7, 11) is 5.91. The van der Waals surface area contributed by atoms with Gasteiger partial charge < -0.3 is 9.80 Å². The number of hydrogen-bond donors (Lipinski definition) is 1. The maximum Gasteiger partial charge on any atom is 0.189 e. The first-order chi connectivity index (χ1) is 10.5. The van der Waals surface area contributed by atoms with Gasteiger partial charge in [0, 0.05) is 46.8 Å². The van der Waals surface area contributed by atoms with Crippen LogP contribution in [-0.2, 0) is 6.54 Å². The van der Waals surface area contributed by atoms with E-state index in [1.807, 2.05) is 26.2 Å². The van der Waals surface area contributed by atoms with Gasteiger partial charge in [0.25, 0.3) is 0 Å². The maximum absolute atomic E-state index is 5.11. The number of hydrazone groups is 1. The SMILES string of the molecule is CN1CCN(Cc2cccc(/C=N/NC(=S)N(C)C)n2)CC1. The highest BCUT2D eigenvalue weighted by molar-refractivity contribution is 7.80. The number of piperazine rings is 1. The second-order valence-corrected chi connectivity index (χ2v) is 6.09. The van der Waals surface area contributed by atoms with Gasteiger partial charge in [-0.15, -0.1) is 0 Å². The molecule has 1 aliphatic heterocycles. The number of thiocarbonyl (C=S) groups is 1. The van der Waals surface area contributed by atoms with Gasteiger partial charge in [-0.3, -0.25) is 15.3 Å². The van der Waals surface area contributed by atoms with E-state index < -0.39 is 0 Å². The third-order valence-corrected chi connectivity index (χ3v) is 4.03. The monoisotopic (exact) mass is 320 g/mol. The van der Waals surface area contributed by atoms with Crippen molar-refractivity contribution < 1.29 is 0 Å². The van der Waals surface area contributed by atoms with Crippen molar-refractivity contribution in [2.45, 2.75) is 6.54 Å². The highest BCUT2D eigenvalue weighted by Crippen LogP contribution is 2.06. The van der Waals surface area contributed by atoms with Gasteiger partial charge in [0.2, 0.25) is 0 Å². The Morgan fingerprint density at radius 3 is 2.77 bits per heavy atom. The van der Waals surface area contributed by atoms with Gasteiger partial charge in [0.05, 0.1) is 17.6 Å². The molecule has 1 saturated heterocycles. The van der Waals surface area contributed by atoms with E-state index >= 15 is 0 Å². The number of nitrogens with zero attached hydrogens (tertiary/aromatic N) is 5. The second kappa shape index (κ2) is 8.17. The lowest BCUT2D eigenvalue weighted by Crippen LogP contribution is -2.44. The molecule has 1 fully saturated rings. The third-order valence-electron chi connectivity index (χ3n) is 3.57. The molecule has 2 rings (SSSR count). The lowest BCUT2D eigenvalue weighted by atomic mass is 10.2. The van der Waals surface area contributed by atoms with Gasteiger partial charge in [-0.2, -0.15) is 5.10 Å². The average molecular weight is 320 g/mol. The Balaban J connectivity index is 1.89. The van der Waals surface area contributed by atoms with Crippen LogP contribution in [0.1, 0.15) is 11.4 Å². The summed E-state index contributed by atoms with van der Waals surface area (Å²) in [5.74, 6) is 0. The lowest BCUT2D eigenvalue weighted by Gasteiger charge is -2.32. The van der Waals surface area contributed by atoms with E-state index in [4.69, 9.17) is 12.2 Å². The van der Waals surface area contributed by atoms with E-state index in [0.717, 1.165) is 44.1 Å². The van der Waals surface area contributed by atoms with Crippen molar-refractivity contribution in [1.82, 2.24) is 25.1 Å². The Morgan fingerprint density at radius 2 is 2.09 bits per heavy atom. The summed E-state index contributed by atoms with van der Waals surface area (Å²) in [6.07, 6.45) is 1.70. The molecule has 22 heavy (non-hydrogen) atoms. The first-order valence-corrected chi connectivity index (χ1v) is 7.82. The Labute approximate surface area is 137 Å². The van der Waals surface area contributed by atoms with Crippen LogP contribution in [0.5, 0.6) is 0 Å². The summed E-state index contributed by atoms with van der Waals surface area (Å²) < 4.78 is 0. The van der Waals surface area contributed by atoms with Crippen LogP contribution in [0, 0.1) is 0 Å². The molecule has 0 atom stereocenters. The fourth-order valence-corrected chi connectivity index (χ4v) is 2.20. The second-order valence-electron chi connectivity index (χ2n) is 5.70. The standard InChI is InChI=1S/C15H24N6S/c1-19(2)15(22)18-16-11-13-5-4-6-14(17-13)12-21-9-7-20(3)8-10-21/h4-6,11H,7-10,12H2,1-3H3,(H,18,22)/b16-11+. The first-order valence-electron chi connectivity index (χ1n) is 7.42. The molecule has 0 radical (unpaired) electrons. The normalized spacial score (nSPS) is 16.9. The predicted octanol–water partition coefficient (Wildman–Crippen LogP) is 0.599. The number of pyridine rings is 1. The van der Waals surface area contributed by atoms with Crippen molar-refractivity contribution in [2.24, 2.45) is 5.10 Å². The molecule has 1 aromatic rings. The molecule has 0 amide bonds. The van der Waals surface area contributed by atoms with Gasteiger partial charge in [0.1, 0.15) is 0 Å². The minimum Gasteiger partial charge on any atom is -0.354 e. The van der Waals surface area contributed by atoms with Crippen molar-refractivity contribution in [3.8, 4) is 0 Å². The number of nitrogens with one attached hydrogen (secondary N) is 1. The first kappa shape index (κ1) is 16.8. The molecule has 1 aromatic heterocycles. The van der Waals surface area contributed by atoms with Crippen LogP contribution in [0.3, 0.4) is 0 Å². The Hall–Kier alpha value is -1.57. The molecule has 0 unspecified atom stereocenters. The molecule has 0 saturated carbocycles. The zero-order chi connectivity index (χ0) is 15.9. The zero-order valence-electron chi connectivity index (χ0n) is 13.5. The molecular weight excluding hydrogens is 296 g/mol. The number of rotatable bonds is 4. The molecule has 2 heterocycles. The molecule has 0 spiro atoms. The summed E-state index contributed by atoms with van der Waals surface area (Å²) in [5.41, 5.74) is 4.71. The maximum atomic E-state index is 5.11. The van der Waals surface area contributed by atoms with Crippen LogP contribution in [0.25, 0.3) is 0 Å². The van der Waals surface area contributed by atoms with Crippen LogP contribution in [0.2, 0.25) is 0 Å². The van der Waals surface area contributed by atoms with Crippen LogP contribution < -0.4 is 5.43 Å². The number of aromatic nitrogens is 1. The van der Waals surface area contributed by atoms with Gasteiger partial charge in [-0.25, -0.2) is 0 Å². The highest BCUT2D eigenvalue weighted by Gasteiger charge is 2.14. The topological polar surface area (TPSA) is 47.0 Å². The van der Waals surface area contributed by atoms with Crippen LogP contribution in [0.15, 0.2) is 23.3 Å². The molecule has 1 aliphatic rings. The average Bonchev–Trinajstić information content (AvgIpc) is 2.50. The smallest absolute Gasteiger partial charge is 0.189 e. The third kappa shape index (κ3) is 5.32. The molecule has 1 N–H and O–H groups in total. The molecule has 0 aromatic carbocycles. The minimum absolute atomic E-state index is 0.574. The fourth-order valence-electron chi connectivity index (χ4n) is 2.15. The van der Waals surface area contributed by atoms with Crippen molar-refractivity contribution in [1.29, 1.82) is 0 Å². The van der Waals surface area contributed by atoms with E-state index in [9.17, 15) is 0 Å². The van der Waals surface area contributed by atoms with Crippen molar-refractivity contribution in [3.05, 3.63) is 29.6 Å². The van der Waals surface area contributed by atoms with Gasteiger partial charge >= 0.3 is 0 Å². The zero-order valence-corrected chi connectivity index (χ0v) is 14.3. The van der Waals surface area contributed by atoms with Gasteiger partial charge in [-0.1, -0.05) is 6.07 Å². The number of likely N-dealkylation sites (N-methyl/N-ethyl adjacent to an activating group) is 1. The van der Waals surface area contributed by atoms with Gasteiger partial charge in [0.15, 0.2) is 5.11 Å².